The van der Waals surface area contributed by atoms with Crippen LogP contribution in [-0.2, 0) is 4.74 Å². The van der Waals surface area contributed by atoms with Gasteiger partial charge in [-0.15, -0.1) is 0 Å². The van der Waals surface area contributed by atoms with Gasteiger partial charge in [0.05, 0.1) is 6.10 Å². The molecule has 0 aromatic rings. The van der Waals surface area contributed by atoms with E-state index in [-0.39, 0.29) is 0 Å². The Bertz CT molecular complexity index is 233. The first kappa shape index (κ1) is 14.3. The second-order valence-electron chi connectivity index (χ2n) is 6.33. The summed E-state index contributed by atoms with van der Waals surface area (Å²) in [6, 6.07) is 0. The predicted octanol–water partition coefficient (Wildman–Crippen LogP) is 2.27. The maximum absolute atomic E-state index is 5.55. The molecule has 1 aliphatic heterocycles. The Labute approximate surface area is 112 Å². The van der Waals surface area contributed by atoms with E-state index in [9.17, 15) is 0 Å². The van der Waals surface area contributed by atoms with Crippen LogP contribution in [0.4, 0.5) is 0 Å². The van der Waals surface area contributed by atoms with E-state index in [0.717, 1.165) is 6.54 Å². The number of rotatable bonds is 5. The van der Waals surface area contributed by atoms with Crippen molar-refractivity contribution in [2.45, 2.75) is 51.0 Å². The number of ether oxygens (including phenoxy) is 1. The van der Waals surface area contributed by atoms with Crippen LogP contribution in [0.1, 0.15) is 44.9 Å². The first-order valence-electron chi connectivity index (χ1n) is 7.68. The van der Waals surface area contributed by atoms with E-state index in [1.165, 1.54) is 64.6 Å². The minimum atomic E-state index is 0.467. The molecule has 2 rings (SSSR count). The molecule has 3 nitrogen and oxygen atoms in total. The van der Waals surface area contributed by atoms with Crippen LogP contribution in [0.5, 0.6) is 0 Å². The van der Waals surface area contributed by atoms with E-state index < -0.39 is 0 Å². The summed E-state index contributed by atoms with van der Waals surface area (Å²) in [6.45, 7) is 4.86. The van der Waals surface area contributed by atoms with Gasteiger partial charge in [0, 0.05) is 26.7 Å². The second kappa shape index (κ2) is 6.88. The van der Waals surface area contributed by atoms with E-state index >= 15 is 0 Å². The monoisotopic (exact) mass is 254 g/mol. The van der Waals surface area contributed by atoms with Crippen molar-refractivity contribution in [1.29, 1.82) is 0 Å². The van der Waals surface area contributed by atoms with Crippen molar-refractivity contribution < 1.29 is 4.74 Å². The van der Waals surface area contributed by atoms with E-state index in [2.05, 4.69) is 17.3 Å². The minimum Gasteiger partial charge on any atom is -0.380 e. The zero-order valence-corrected chi connectivity index (χ0v) is 12.2. The fourth-order valence-electron chi connectivity index (χ4n) is 3.89. The molecular weight excluding hydrogens is 224 g/mol. The lowest BCUT2D eigenvalue weighted by Gasteiger charge is -2.43. The summed E-state index contributed by atoms with van der Waals surface area (Å²) in [4.78, 5) is 2.65. The molecule has 1 saturated heterocycles. The highest BCUT2D eigenvalue weighted by Gasteiger charge is 2.34. The third-order valence-corrected chi connectivity index (χ3v) is 4.82. The van der Waals surface area contributed by atoms with Crippen molar-refractivity contribution in [2.24, 2.45) is 5.41 Å². The fraction of sp³-hybridized carbons (Fsp3) is 1.00. The Morgan fingerprint density at radius 3 is 2.67 bits per heavy atom. The normalized spacial score (nSPS) is 29.3. The third-order valence-electron chi connectivity index (χ3n) is 4.82. The van der Waals surface area contributed by atoms with E-state index in [4.69, 9.17) is 4.74 Å². The van der Waals surface area contributed by atoms with Crippen LogP contribution in [0.3, 0.4) is 0 Å². The number of likely N-dealkylation sites (tertiary alicyclic amines) is 1. The van der Waals surface area contributed by atoms with Gasteiger partial charge in [0.15, 0.2) is 0 Å². The number of methoxy groups -OCH3 is 1. The molecule has 0 aromatic heterocycles. The molecule has 0 radical (unpaired) electrons. The standard InChI is InChI=1S/C15H30N2O/c1-16-12-15(8-4-3-5-9-15)13-17-10-6-7-14(11-17)18-2/h14,16H,3-13H2,1-2H3. The Morgan fingerprint density at radius 2 is 2.00 bits per heavy atom. The first-order valence-corrected chi connectivity index (χ1v) is 7.68. The number of hydrogen-bond acceptors (Lipinski definition) is 3. The topological polar surface area (TPSA) is 24.5 Å². The molecule has 0 amide bonds. The lowest BCUT2D eigenvalue weighted by atomic mass is 9.73. The molecule has 1 atom stereocenters. The van der Waals surface area contributed by atoms with Crippen LogP contribution in [0.2, 0.25) is 0 Å². The van der Waals surface area contributed by atoms with Crippen LogP contribution in [-0.4, -0.2) is 51.3 Å². The Kier molecular flexibility index (Phi) is 5.46. The average molecular weight is 254 g/mol. The molecule has 1 unspecified atom stereocenters. The Balaban J connectivity index is 1.91. The Hall–Kier alpha value is -0.120. The van der Waals surface area contributed by atoms with Crippen LogP contribution < -0.4 is 5.32 Å². The molecule has 106 valence electrons. The van der Waals surface area contributed by atoms with Gasteiger partial charge in [-0.05, 0) is 44.7 Å². The lowest BCUT2D eigenvalue weighted by Crippen LogP contribution is -2.49. The average Bonchev–Trinajstić information content (AvgIpc) is 2.40. The maximum atomic E-state index is 5.55. The molecule has 1 aliphatic carbocycles. The zero-order chi connectivity index (χ0) is 12.8. The molecule has 1 heterocycles. The van der Waals surface area contributed by atoms with E-state index in [0.29, 0.717) is 11.5 Å². The van der Waals surface area contributed by atoms with E-state index in [1.807, 2.05) is 7.11 Å². The summed E-state index contributed by atoms with van der Waals surface area (Å²) in [5.41, 5.74) is 0.530. The van der Waals surface area contributed by atoms with Gasteiger partial charge in [-0.1, -0.05) is 19.3 Å². The zero-order valence-electron chi connectivity index (χ0n) is 12.2. The van der Waals surface area contributed by atoms with Gasteiger partial charge >= 0.3 is 0 Å². The summed E-state index contributed by atoms with van der Waals surface area (Å²) in [5.74, 6) is 0. The third kappa shape index (κ3) is 3.69. The predicted molar refractivity (Wildman–Crippen MR) is 75.9 cm³/mol. The summed E-state index contributed by atoms with van der Waals surface area (Å²) in [7, 11) is 3.96. The van der Waals surface area contributed by atoms with Gasteiger partial charge in [-0.25, -0.2) is 0 Å². The molecular formula is C15H30N2O. The number of nitrogens with zero attached hydrogens (tertiary/aromatic N) is 1. The largest absolute Gasteiger partial charge is 0.380 e. The molecule has 0 aromatic carbocycles. The van der Waals surface area contributed by atoms with Gasteiger partial charge in [0.25, 0.3) is 0 Å². The van der Waals surface area contributed by atoms with Crippen molar-refractivity contribution in [2.75, 3.05) is 40.3 Å². The SMILES string of the molecule is CNCC1(CN2CCCC(OC)C2)CCCCC1. The smallest absolute Gasteiger partial charge is 0.0698 e. The maximum Gasteiger partial charge on any atom is 0.0698 e. The van der Waals surface area contributed by atoms with Crippen LogP contribution in [0.25, 0.3) is 0 Å². The highest BCUT2D eigenvalue weighted by atomic mass is 16.5. The van der Waals surface area contributed by atoms with Crippen LogP contribution in [0.15, 0.2) is 0 Å². The van der Waals surface area contributed by atoms with Gasteiger partial charge in [0.1, 0.15) is 0 Å². The summed E-state index contributed by atoms with van der Waals surface area (Å²) in [5, 5.41) is 3.44. The molecule has 1 saturated carbocycles. The van der Waals surface area contributed by atoms with Gasteiger partial charge < -0.3 is 15.0 Å². The van der Waals surface area contributed by atoms with Crippen molar-refractivity contribution in [3.63, 3.8) is 0 Å². The number of hydrogen-bond donors (Lipinski definition) is 1. The number of piperidine rings is 1. The lowest BCUT2D eigenvalue weighted by molar-refractivity contribution is 0.00703. The molecule has 18 heavy (non-hydrogen) atoms. The minimum absolute atomic E-state index is 0.467. The van der Waals surface area contributed by atoms with Crippen molar-refractivity contribution in [3.8, 4) is 0 Å². The van der Waals surface area contributed by atoms with Crippen molar-refractivity contribution in [3.05, 3.63) is 0 Å². The quantitative estimate of drug-likeness (QED) is 0.814. The van der Waals surface area contributed by atoms with Gasteiger partial charge in [0.2, 0.25) is 0 Å². The summed E-state index contributed by atoms with van der Waals surface area (Å²) < 4.78 is 5.55. The summed E-state index contributed by atoms with van der Waals surface area (Å²) in [6.07, 6.45) is 10.1. The molecule has 1 N–H and O–H groups in total. The molecule has 0 bridgehead atoms. The van der Waals surface area contributed by atoms with Gasteiger partial charge in [-0.2, -0.15) is 0 Å². The van der Waals surface area contributed by atoms with E-state index in [1.54, 1.807) is 0 Å². The fourth-order valence-corrected chi connectivity index (χ4v) is 3.89. The van der Waals surface area contributed by atoms with Gasteiger partial charge in [-0.3, -0.25) is 0 Å². The molecule has 3 heteroatoms. The molecule has 0 spiro atoms. The molecule has 2 aliphatic rings. The number of nitrogens with one attached hydrogen (secondary N) is 1. The highest BCUT2D eigenvalue weighted by Crippen LogP contribution is 2.37. The second-order valence-corrected chi connectivity index (χ2v) is 6.33. The van der Waals surface area contributed by atoms with Crippen molar-refractivity contribution in [1.82, 2.24) is 10.2 Å². The van der Waals surface area contributed by atoms with Crippen LogP contribution >= 0.6 is 0 Å². The summed E-state index contributed by atoms with van der Waals surface area (Å²) >= 11 is 0. The highest BCUT2D eigenvalue weighted by molar-refractivity contribution is 4.89. The first-order chi connectivity index (χ1) is 8.78. The van der Waals surface area contributed by atoms with Crippen molar-refractivity contribution >= 4 is 0 Å². The molecule has 2 fully saturated rings. The van der Waals surface area contributed by atoms with Crippen LogP contribution in [0, 0.1) is 5.41 Å². The Morgan fingerprint density at radius 1 is 1.22 bits per heavy atom.